The highest BCUT2D eigenvalue weighted by Gasteiger charge is 2.27. The van der Waals surface area contributed by atoms with Gasteiger partial charge in [-0.15, -0.1) is 5.10 Å². The van der Waals surface area contributed by atoms with Crippen LogP contribution in [0.25, 0.3) is 22.5 Å². The van der Waals surface area contributed by atoms with Crippen molar-refractivity contribution in [3.8, 4) is 22.5 Å². The van der Waals surface area contributed by atoms with Crippen LogP contribution in [0.15, 0.2) is 48.5 Å². The molecule has 0 bridgehead atoms. The molecule has 1 aliphatic rings. The van der Waals surface area contributed by atoms with Crippen LogP contribution in [0.2, 0.25) is 0 Å². The summed E-state index contributed by atoms with van der Waals surface area (Å²) in [5.41, 5.74) is 5.07. The van der Waals surface area contributed by atoms with Gasteiger partial charge in [0, 0.05) is 37.1 Å². The molecule has 1 aromatic heterocycles. The summed E-state index contributed by atoms with van der Waals surface area (Å²) in [6.45, 7) is 3.81. The fourth-order valence-corrected chi connectivity index (χ4v) is 3.74. The van der Waals surface area contributed by atoms with Crippen LogP contribution in [0.5, 0.6) is 0 Å². The molecule has 0 saturated heterocycles. The molecule has 0 saturated carbocycles. The number of anilines is 1. The minimum Gasteiger partial charge on any atom is -0.380 e. The van der Waals surface area contributed by atoms with E-state index in [-0.39, 0.29) is 24.7 Å². The van der Waals surface area contributed by atoms with E-state index in [1.807, 2.05) is 55.5 Å². The smallest absolute Gasteiger partial charge is 0.227 e. The van der Waals surface area contributed by atoms with Crippen LogP contribution in [0, 0.1) is 0 Å². The number of nitrogens with zero attached hydrogens (tertiary/aromatic N) is 3. The van der Waals surface area contributed by atoms with Gasteiger partial charge in [0.15, 0.2) is 0 Å². The summed E-state index contributed by atoms with van der Waals surface area (Å²) in [6, 6.07) is 15.5. The Morgan fingerprint density at radius 1 is 1.10 bits per heavy atom. The predicted molar refractivity (Wildman–Crippen MR) is 117 cm³/mol. The number of ether oxygens (including phenoxy) is 1. The van der Waals surface area contributed by atoms with Crippen LogP contribution in [0.1, 0.15) is 25.3 Å². The first-order valence-electron chi connectivity index (χ1n) is 10.4. The second kappa shape index (κ2) is 9.53. The number of para-hydroxylation sites is 1. The Morgan fingerprint density at radius 2 is 1.87 bits per heavy atom. The Morgan fingerprint density at radius 3 is 2.71 bits per heavy atom. The monoisotopic (exact) mass is 419 g/mol. The van der Waals surface area contributed by atoms with Crippen molar-refractivity contribution in [2.75, 3.05) is 24.7 Å². The number of fused-ring (bicyclic) bond motifs is 5. The Labute approximate surface area is 180 Å². The van der Waals surface area contributed by atoms with Crippen LogP contribution in [0.4, 0.5) is 5.69 Å². The molecule has 0 radical (unpaired) electrons. The highest BCUT2D eigenvalue weighted by molar-refractivity contribution is 6.01. The number of hydrogen-bond acceptors (Lipinski definition) is 5. The standard InChI is InChI=1S/C23H25N5O3/c1-2-31-14-13-24-20(29)11-12-21(30)28-15-16-7-3-4-8-17(16)22-23(26-27-25-22)18-9-5-6-10-19(18)28/h3-10H,2,11-15H2,1H3,(H,24,29)(H,25,26,27). The van der Waals surface area contributed by atoms with Gasteiger partial charge in [-0.3, -0.25) is 14.7 Å². The fourth-order valence-electron chi connectivity index (χ4n) is 3.74. The number of aromatic nitrogens is 3. The van der Waals surface area contributed by atoms with Gasteiger partial charge in [-0.05, 0) is 18.6 Å². The summed E-state index contributed by atoms with van der Waals surface area (Å²) in [7, 11) is 0. The molecule has 3 aromatic rings. The minimum atomic E-state index is -0.158. The molecule has 160 valence electrons. The first kappa shape index (κ1) is 20.7. The van der Waals surface area contributed by atoms with Crippen molar-refractivity contribution in [1.29, 1.82) is 0 Å². The van der Waals surface area contributed by atoms with E-state index in [2.05, 4.69) is 20.7 Å². The second-order valence-electron chi connectivity index (χ2n) is 7.24. The number of amides is 2. The van der Waals surface area contributed by atoms with Crippen molar-refractivity contribution < 1.29 is 14.3 Å². The zero-order valence-corrected chi connectivity index (χ0v) is 17.4. The lowest BCUT2D eigenvalue weighted by Crippen LogP contribution is -2.33. The van der Waals surface area contributed by atoms with Crippen LogP contribution < -0.4 is 10.2 Å². The third-order valence-corrected chi connectivity index (χ3v) is 5.25. The molecule has 2 aromatic carbocycles. The van der Waals surface area contributed by atoms with E-state index >= 15 is 0 Å². The van der Waals surface area contributed by atoms with Crippen molar-refractivity contribution >= 4 is 17.5 Å². The topological polar surface area (TPSA) is 100 Å². The van der Waals surface area contributed by atoms with Crippen molar-refractivity contribution in [2.24, 2.45) is 0 Å². The largest absolute Gasteiger partial charge is 0.380 e. The third kappa shape index (κ3) is 4.49. The molecular weight excluding hydrogens is 394 g/mol. The van der Waals surface area contributed by atoms with Gasteiger partial charge in [0.25, 0.3) is 0 Å². The van der Waals surface area contributed by atoms with E-state index in [4.69, 9.17) is 4.74 Å². The molecule has 2 N–H and O–H groups in total. The molecule has 0 atom stereocenters. The van der Waals surface area contributed by atoms with Crippen LogP contribution in [-0.2, 0) is 20.9 Å². The number of aromatic amines is 1. The van der Waals surface area contributed by atoms with E-state index in [1.54, 1.807) is 4.90 Å². The summed E-state index contributed by atoms with van der Waals surface area (Å²) in [4.78, 5) is 27.1. The summed E-state index contributed by atoms with van der Waals surface area (Å²) in [6.07, 6.45) is 0.243. The molecule has 0 unspecified atom stereocenters. The molecular formula is C23H25N5O3. The molecule has 2 amide bonds. The number of H-pyrrole nitrogens is 1. The molecule has 31 heavy (non-hydrogen) atoms. The lowest BCUT2D eigenvalue weighted by atomic mass is 9.95. The average molecular weight is 419 g/mol. The lowest BCUT2D eigenvalue weighted by Gasteiger charge is -2.28. The van der Waals surface area contributed by atoms with E-state index in [9.17, 15) is 9.59 Å². The maximum atomic E-state index is 13.2. The zero-order chi connectivity index (χ0) is 21.6. The summed E-state index contributed by atoms with van der Waals surface area (Å²) < 4.78 is 5.22. The number of carbonyl (C=O) groups excluding carboxylic acids is 2. The van der Waals surface area contributed by atoms with Gasteiger partial charge >= 0.3 is 0 Å². The SMILES string of the molecule is CCOCCNC(=O)CCC(=O)N1Cc2ccccc2-c2nn[nH]c2-c2ccccc21. The van der Waals surface area contributed by atoms with Crippen LogP contribution in [0.3, 0.4) is 0 Å². The molecule has 8 heteroatoms. The highest BCUT2D eigenvalue weighted by atomic mass is 16.5. The number of benzene rings is 2. The van der Waals surface area contributed by atoms with Crippen LogP contribution in [-0.4, -0.2) is 47.0 Å². The quantitative estimate of drug-likeness (QED) is 0.574. The highest BCUT2D eigenvalue weighted by Crippen LogP contribution is 2.39. The van der Waals surface area contributed by atoms with Crippen molar-refractivity contribution in [2.45, 2.75) is 26.3 Å². The van der Waals surface area contributed by atoms with Gasteiger partial charge in [-0.25, -0.2) is 0 Å². The number of nitrogens with one attached hydrogen (secondary N) is 2. The van der Waals surface area contributed by atoms with E-state index < -0.39 is 0 Å². The van der Waals surface area contributed by atoms with Crippen molar-refractivity contribution in [1.82, 2.24) is 20.7 Å². The summed E-state index contributed by atoms with van der Waals surface area (Å²) in [5.74, 6) is -0.271. The van der Waals surface area contributed by atoms with E-state index in [0.717, 1.165) is 33.8 Å². The minimum absolute atomic E-state index is 0.113. The first-order valence-corrected chi connectivity index (χ1v) is 10.4. The molecule has 0 aliphatic carbocycles. The van der Waals surface area contributed by atoms with E-state index in [1.165, 1.54) is 0 Å². The molecule has 2 heterocycles. The second-order valence-corrected chi connectivity index (χ2v) is 7.24. The normalized spacial score (nSPS) is 12.2. The zero-order valence-electron chi connectivity index (χ0n) is 17.4. The molecule has 0 spiro atoms. The maximum absolute atomic E-state index is 13.2. The summed E-state index contributed by atoms with van der Waals surface area (Å²) in [5, 5.41) is 14.1. The lowest BCUT2D eigenvalue weighted by molar-refractivity contribution is -0.125. The summed E-state index contributed by atoms with van der Waals surface area (Å²) >= 11 is 0. The third-order valence-electron chi connectivity index (χ3n) is 5.25. The first-order chi connectivity index (χ1) is 15.2. The van der Waals surface area contributed by atoms with Gasteiger partial charge in [-0.1, -0.05) is 47.7 Å². The predicted octanol–water partition coefficient (Wildman–Crippen LogP) is 2.92. The van der Waals surface area contributed by atoms with Crippen molar-refractivity contribution in [3.05, 3.63) is 54.1 Å². The molecule has 0 fully saturated rings. The van der Waals surface area contributed by atoms with Gasteiger partial charge in [0.05, 0.1) is 24.5 Å². The number of hydrogen-bond donors (Lipinski definition) is 2. The van der Waals surface area contributed by atoms with Gasteiger partial charge < -0.3 is 15.0 Å². The van der Waals surface area contributed by atoms with Gasteiger partial charge in [0.2, 0.25) is 11.8 Å². The Bertz CT molecular complexity index is 1080. The molecule has 8 nitrogen and oxygen atoms in total. The number of rotatable bonds is 7. The average Bonchev–Trinajstić information content (AvgIpc) is 3.27. The van der Waals surface area contributed by atoms with Crippen LogP contribution >= 0.6 is 0 Å². The number of carbonyl (C=O) groups is 2. The molecule has 4 rings (SSSR count). The van der Waals surface area contributed by atoms with Crippen molar-refractivity contribution in [3.63, 3.8) is 0 Å². The Kier molecular flexibility index (Phi) is 6.37. The Balaban J connectivity index is 1.59. The Hall–Kier alpha value is -3.52. The fraction of sp³-hybridized carbons (Fsp3) is 0.304. The maximum Gasteiger partial charge on any atom is 0.227 e. The van der Waals surface area contributed by atoms with Gasteiger partial charge in [-0.2, -0.15) is 0 Å². The molecule has 1 aliphatic heterocycles. The van der Waals surface area contributed by atoms with Gasteiger partial charge in [0.1, 0.15) is 5.69 Å². The van der Waals surface area contributed by atoms with E-state index in [0.29, 0.717) is 26.3 Å².